The van der Waals surface area contributed by atoms with Crippen molar-refractivity contribution in [3.05, 3.63) is 48.2 Å². The molecule has 0 radical (unpaired) electrons. The predicted molar refractivity (Wildman–Crippen MR) is 66.9 cm³/mol. The zero-order valence-electron chi connectivity index (χ0n) is 10.0. The lowest BCUT2D eigenvalue weighted by Gasteiger charge is -2.28. The lowest BCUT2D eigenvalue weighted by molar-refractivity contribution is 0.361. The molecule has 0 aromatic heterocycles. The highest BCUT2D eigenvalue weighted by atomic mass is 15.1. The summed E-state index contributed by atoms with van der Waals surface area (Å²) in [5.41, 5.74) is 2.56. The number of nitrogens with zero attached hydrogens (tertiary/aromatic N) is 1. The molecule has 1 rings (SSSR count). The first-order valence-corrected chi connectivity index (χ1v) is 5.69. The van der Waals surface area contributed by atoms with Crippen molar-refractivity contribution in [3.8, 4) is 0 Å². The molecule has 0 N–H and O–H groups in total. The van der Waals surface area contributed by atoms with Crippen molar-refractivity contribution in [1.82, 2.24) is 4.90 Å². The van der Waals surface area contributed by atoms with Crippen LogP contribution in [-0.4, -0.2) is 18.0 Å². The third-order valence-electron chi connectivity index (χ3n) is 2.97. The van der Waals surface area contributed by atoms with Crippen LogP contribution >= 0.6 is 0 Å². The van der Waals surface area contributed by atoms with E-state index in [1.807, 2.05) is 0 Å². The summed E-state index contributed by atoms with van der Waals surface area (Å²) >= 11 is 0. The fourth-order valence-electron chi connectivity index (χ4n) is 1.84. The van der Waals surface area contributed by atoms with Crippen molar-refractivity contribution in [1.29, 1.82) is 0 Å². The first kappa shape index (κ1) is 11.8. The summed E-state index contributed by atoms with van der Waals surface area (Å²) in [7, 11) is 0. The normalized spacial score (nSPS) is 12.2. The fraction of sp³-hybridized carbons (Fsp3) is 0.429. The van der Waals surface area contributed by atoms with Gasteiger partial charge in [0.25, 0.3) is 0 Å². The van der Waals surface area contributed by atoms with Crippen LogP contribution in [0.25, 0.3) is 0 Å². The Bertz CT molecular complexity index is 298. The number of hydrogen-bond acceptors (Lipinski definition) is 1. The minimum Gasteiger partial charge on any atom is -0.375 e. The number of rotatable bonds is 5. The maximum atomic E-state index is 4.20. The van der Waals surface area contributed by atoms with E-state index in [0.29, 0.717) is 5.92 Å². The van der Waals surface area contributed by atoms with Crippen molar-refractivity contribution < 1.29 is 0 Å². The molecule has 15 heavy (non-hydrogen) atoms. The molecular formula is C14H21N. The molecule has 82 valence electrons. The molecule has 1 aromatic rings. The molecular weight excluding hydrogens is 182 g/mol. The van der Waals surface area contributed by atoms with Crippen LogP contribution < -0.4 is 0 Å². The highest BCUT2D eigenvalue weighted by Gasteiger charge is 2.12. The zero-order chi connectivity index (χ0) is 11.3. The second-order valence-electron chi connectivity index (χ2n) is 3.80. The van der Waals surface area contributed by atoms with Crippen LogP contribution in [0.2, 0.25) is 0 Å². The fourth-order valence-corrected chi connectivity index (χ4v) is 1.84. The van der Waals surface area contributed by atoms with Gasteiger partial charge >= 0.3 is 0 Å². The molecule has 0 aliphatic carbocycles. The van der Waals surface area contributed by atoms with Gasteiger partial charge in [-0.2, -0.15) is 0 Å². The molecule has 0 aliphatic heterocycles. The third kappa shape index (κ3) is 2.85. The van der Waals surface area contributed by atoms with Gasteiger partial charge in [-0.25, -0.2) is 0 Å². The highest BCUT2D eigenvalue weighted by Crippen LogP contribution is 2.24. The first-order valence-electron chi connectivity index (χ1n) is 5.69. The van der Waals surface area contributed by atoms with Gasteiger partial charge in [-0.15, -0.1) is 0 Å². The monoisotopic (exact) mass is 203 g/mol. The smallest absolute Gasteiger partial charge is 0.0205 e. The summed E-state index contributed by atoms with van der Waals surface area (Å²) < 4.78 is 0. The Morgan fingerprint density at radius 1 is 1.20 bits per heavy atom. The van der Waals surface area contributed by atoms with E-state index >= 15 is 0 Å². The molecule has 0 fully saturated rings. The second-order valence-corrected chi connectivity index (χ2v) is 3.80. The number of allylic oxidation sites excluding steroid dienone is 1. The molecule has 0 saturated heterocycles. The van der Waals surface area contributed by atoms with E-state index in [2.05, 4.69) is 62.6 Å². The zero-order valence-corrected chi connectivity index (χ0v) is 10.0. The Balaban J connectivity index is 2.76. The van der Waals surface area contributed by atoms with Crippen molar-refractivity contribution in [2.75, 3.05) is 13.1 Å². The van der Waals surface area contributed by atoms with E-state index in [1.165, 1.54) is 11.3 Å². The van der Waals surface area contributed by atoms with Crippen LogP contribution in [0.3, 0.4) is 0 Å². The van der Waals surface area contributed by atoms with Gasteiger partial charge in [0.2, 0.25) is 0 Å². The topological polar surface area (TPSA) is 3.24 Å². The van der Waals surface area contributed by atoms with Crippen LogP contribution in [0.4, 0.5) is 0 Å². The van der Waals surface area contributed by atoms with Gasteiger partial charge in [0.1, 0.15) is 0 Å². The summed E-state index contributed by atoms with van der Waals surface area (Å²) in [4.78, 5) is 2.32. The van der Waals surface area contributed by atoms with Gasteiger partial charge in [-0.1, -0.05) is 43.8 Å². The Kier molecular flexibility index (Phi) is 4.41. The average molecular weight is 203 g/mol. The maximum absolute atomic E-state index is 4.20. The molecule has 1 aromatic carbocycles. The van der Waals surface area contributed by atoms with E-state index in [9.17, 15) is 0 Å². The number of likely N-dealkylation sites (N-methyl/N-ethyl adjacent to an activating group) is 1. The number of hydrogen-bond donors (Lipinski definition) is 0. The molecule has 0 saturated carbocycles. The van der Waals surface area contributed by atoms with E-state index < -0.39 is 0 Å². The Morgan fingerprint density at radius 2 is 1.73 bits per heavy atom. The van der Waals surface area contributed by atoms with Crippen LogP contribution in [0, 0.1) is 0 Å². The predicted octanol–water partition coefficient (Wildman–Crippen LogP) is 3.65. The Morgan fingerprint density at radius 3 is 2.20 bits per heavy atom. The summed E-state index contributed by atoms with van der Waals surface area (Å²) in [5.74, 6) is 0.408. The lowest BCUT2D eigenvalue weighted by Crippen LogP contribution is -2.24. The van der Waals surface area contributed by atoms with Gasteiger partial charge < -0.3 is 4.90 Å². The molecule has 0 spiro atoms. The van der Waals surface area contributed by atoms with E-state index in [4.69, 9.17) is 0 Å². The summed E-state index contributed by atoms with van der Waals surface area (Å²) in [5, 5.41) is 0. The van der Waals surface area contributed by atoms with Gasteiger partial charge in [0, 0.05) is 24.7 Å². The Hall–Kier alpha value is -1.24. The van der Waals surface area contributed by atoms with Gasteiger partial charge in [-0.05, 0) is 19.4 Å². The van der Waals surface area contributed by atoms with Crippen LogP contribution in [-0.2, 0) is 0 Å². The first-order chi connectivity index (χ1) is 7.20. The quantitative estimate of drug-likeness (QED) is 0.706. The molecule has 0 aliphatic rings. The summed E-state index contributed by atoms with van der Waals surface area (Å²) in [6.45, 7) is 12.8. The van der Waals surface area contributed by atoms with Crippen LogP contribution in [0.15, 0.2) is 42.6 Å². The van der Waals surface area contributed by atoms with Crippen molar-refractivity contribution in [3.63, 3.8) is 0 Å². The standard InChI is InChI=1S/C14H21N/c1-5-15(6-2)13(4)12(3)14-10-8-7-9-11-14/h7-12H,4-6H2,1-3H3. The van der Waals surface area contributed by atoms with Crippen molar-refractivity contribution >= 4 is 0 Å². The molecule has 1 unspecified atom stereocenters. The van der Waals surface area contributed by atoms with Gasteiger partial charge in [0.15, 0.2) is 0 Å². The molecule has 1 nitrogen and oxygen atoms in total. The van der Waals surface area contributed by atoms with Gasteiger partial charge in [-0.3, -0.25) is 0 Å². The summed E-state index contributed by atoms with van der Waals surface area (Å²) in [6, 6.07) is 10.6. The molecule has 1 atom stereocenters. The molecule has 1 heteroatoms. The minimum absolute atomic E-state index is 0.408. The lowest BCUT2D eigenvalue weighted by atomic mass is 9.97. The van der Waals surface area contributed by atoms with E-state index in [1.54, 1.807) is 0 Å². The molecule has 0 heterocycles. The van der Waals surface area contributed by atoms with E-state index in [0.717, 1.165) is 13.1 Å². The Labute approximate surface area is 93.4 Å². The molecule has 0 amide bonds. The van der Waals surface area contributed by atoms with Crippen molar-refractivity contribution in [2.45, 2.75) is 26.7 Å². The van der Waals surface area contributed by atoms with Gasteiger partial charge in [0.05, 0.1) is 0 Å². The van der Waals surface area contributed by atoms with Crippen molar-refractivity contribution in [2.24, 2.45) is 0 Å². The molecule has 0 bridgehead atoms. The summed E-state index contributed by atoms with van der Waals surface area (Å²) in [6.07, 6.45) is 0. The maximum Gasteiger partial charge on any atom is 0.0205 e. The van der Waals surface area contributed by atoms with Crippen LogP contribution in [0.5, 0.6) is 0 Å². The third-order valence-corrected chi connectivity index (χ3v) is 2.97. The van der Waals surface area contributed by atoms with Crippen LogP contribution in [0.1, 0.15) is 32.3 Å². The largest absolute Gasteiger partial charge is 0.375 e. The highest BCUT2D eigenvalue weighted by molar-refractivity contribution is 5.26. The minimum atomic E-state index is 0.408. The van der Waals surface area contributed by atoms with E-state index in [-0.39, 0.29) is 0 Å². The number of benzene rings is 1. The average Bonchev–Trinajstić information content (AvgIpc) is 2.30. The second kappa shape index (κ2) is 5.59. The SMILES string of the molecule is C=C(C(C)c1ccccc1)N(CC)CC.